The van der Waals surface area contributed by atoms with Crippen LogP contribution in [0.3, 0.4) is 0 Å². The molecule has 0 amide bonds. The van der Waals surface area contributed by atoms with Crippen molar-refractivity contribution in [3.05, 3.63) is 66.0 Å². The molecule has 0 aliphatic rings. The molecule has 0 spiro atoms. The van der Waals surface area contributed by atoms with Gasteiger partial charge in [-0.25, -0.2) is 9.97 Å². The van der Waals surface area contributed by atoms with Crippen LogP contribution in [0.5, 0.6) is 0 Å². The Morgan fingerprint density at radius 3 is 2.50 bits per heavy atom. The van der Waals surface area contributed by atoms with Crippen molar-refractivity contribution in [1.29, 1.82) is 0 Å². The van der Waals surface area contributed by atoms with Gasteiger partial charge in [0.1, 0.15) is 11.3 Å². The highest BCUT2D eigenvalue weighted by atomic mass is 15.1. The van der Waals surface area contributed by atoms with Gasteiger partial charge < -0.3 is 10.3 Å². The molecule has 4 aromatic rings. The first-order valence-electron chi connectivity index (χ1n) is 9.35. The van der Waals surface area contributed by atoms with E-state index in [9.17, 15) is 0 Å². The van der Waals surface area contributed by atoms with E-state index in [1.807, 2.05) is 12.1 Å². The van der Waals surface area contributed by atoms with E-state index in [4.69, 9.17) is 10.7 Å². The van der Waals surface area contributed by atoms with Gasteiger partial charge in [-0.2, -0.15) is 0 Å². The third kappa shape index (κ3) is 3.03. The standard InChI is InChI=1S/C22H24N4/c1-2-3-5-14-19-25-20-21(26(19)15-16-10-6-4-7-11-16)17-12-8-9-13-18(17)24-22(20)23/h4,6-13H,2-3,5,14-15H2,1H3,(H2,23,24). The van der Waals surface area contributed by atoms with Crippen LogP contribution < -0.4 is 5.73 Å². The second-order valence-corrected chi connectivity index (χ2v) is 6.77. The number of nitrogens with zero attached hydrogens (tertiary/aromatic N) is 3. The Labute approximate surface area is 153 Å². The zero-order valence-electron chi connectivity index (χ0n) is 15.2. The highest BCUT2D eigenvalue weighted by Gasteiger charge is 2.17. The number of imidazole rings is 1. The average Bonchev–Trinajstić information content (AvgIpc) is 3.02. The summed E-state index contributed by atoms with van der Waals surface area (Å²) in [7, 11) is 0. The van der Waals surface area contributed by atoms with Gasteiger partial charge >= 0.3 is 0 Å². The molecule has 4 nitrogen and oxygen atoms in total. The van der Waals surface area contributed by atoms with E-state index in [2.05, 4.69) is 58.9 Å². The van der Waals surface area contributed by atoms with Crippen molar-refractivity contribution in [3.63, 3.8) is 0 Å². The highest BCUT2D eigenvalue weighted by Crippen LogP contribution is 2.30. The monoisotopic (exact) mass is 344 g/mol. The second kappa shape index (κ2) is 7.16. The fraction of sp³-hybridized carbons (Fsp3) is 0.273. The minimum atomic E-state index is 0.516. The van der Waals surface area contributed by atoms with E-state index < -0.39 is 0 Å². The number of pyridine rings is 1. The number of anilines is 1. The molecule has 0 bridgehead atoms. The number of nitrogen functional groups attached to an aromatic ring is 1. The summed E-state index contributed by atoms with van der Waals surface area (Å²) in [5, 5.41) is 1.11. The van der Waals surface area contributed by atoms with Crippen LogP contribution in [-0.4, -0.2) is 14.5 Å². The zero-order valence-corrected chi connectivity index (χ0v) is 15.2. The van der Waals surface area contributed by atoms with E-state index in [0.717, 1.165) is 47.1 Å². The summed E-state index contributed by atoms with van der Waals surface area (Å²) in [6.07, 6.45) is 4.51. The second-order valence-electron chi connectivity index (χ2n) is 6.77. The molecule has 0 aliphatic carbocycles. The van der Waals surface area contributed by atoms with Crippen LogP contribution in [-0.2, 0) is 13.0 Å². The quantitative estimate of drug-likeness (QED) is 0.504. The van der Waals surface area contributed by atoms with Gasteiger partial charge in [0.25, 0.3) is 0 Å². The van der Waals surface area contributed by atoms with Crippen molar-refractivity contribution in [1.82, 2.24) is 14.5 Å². The molecule has 0 fully saturated rings. The predicted molar refractivity (Wildman–Crippen MR) is 108 cm³/mol. The van der Waals surface area contributed by atoms with Crippen LogP contribution in [0.15, 0.2) is 54.6 Å². The lowest BCUT2D eigenvalue weighted by Crippen LogP contribution is -2.06. The minimum absolute atomic E-state index is 0.516. The maximum atomic E-state index is 6.27. The molecule has 2 N–H and O–H groups in total. The minimum Gasteiger partial charge on any atom is -0.382 e. The molecule has 0 aliphatic heterocycles. The normalized spacial score (nSPS) is 11.4. The molecule has 0 atom stereocenters. The third-order valence-electron chi connectivity index (χ3n) is 4.88. The molecule has 132 valence electrons. The number of hydrogen-bond acceptors (Lipinski definition) is 3. The lowest BCUT2D eigenvalue weighted by atomic mass is 10.1. The number of aryl methyl sites for hydroxylation is 1. The molecule has 0 unspecified atom stereocenters. The van der Waals surface area contributed by atoms with Crippen molar-refractivity contribution in [2.45, 2.75) is 39.2 Å². The Morgan fingerprint density at radius 2 is 1.69 bits per heavy atom. The molecule has 0 radical (unpaired) electrons. The number of aromatic nitrogens is 3. The Bertz CT molecular complexity index is 1030. The van der Waals surface area contributed by atoms with Crippen molar-refractivity contribution in [2.75, 3.05) is 5.73 Å². The van der Waals surface area contributed by atoms with Crippen LogP contribution in [0.25, 0.3) is 21.9 Å². The largest absolute Gasteiger partial charge is 0.382 e. The van der Waals surface area contributed by atoms with E-state index in [0.29, 0.717) is 5.82 Å². The average molecular weight is 344 g/mol. The lowest BCUT2D eigenvalue weighted by molar-refractivity contribution is 0.659. The van der Waals surface area contributed by atoms with Gasteiger partial charge in [0, 0.05) is 18.4 Å². The summed E-state index contributed by atoms with van der Waals surface area (Å²) in [5.74, 6) is 1.62. The van der Waals surface area contributed by atoms with Gasteiger partial charge in [0.05, 0.1) is 11.0 Å². The molecule has 0 saturated heterocycles. The zero-order chi connectivity index (χ0) is 17.9. The van der Waals surface area contributed by atoms with Gasteiger partial charge in [-0.1, -0.05) is 68.3 Å². The maximum absolute atomic E-state index is 6.27. The Hall–Kier alpha value is -2.88. The number of unbranched alkanes of at least 4 members (excludes halogenated alkanes) is 2. The van der Waals surface area contributed by atoms with Crippen LogP contribution in [0.1, 0.15) is 37.6 Å². The summed E-state index contributed by atoms with van der Waals surface area (Å²) in [6, 6.07) is 18.7. The molecule has 26 heavy (non-hydrogen) atoms. The summed E-state index contributed by atoms with van der Waals surface area (Å²) < 4.78 is 2.33. The van der Waals surface area contributed by atoms with Crippen LogP contribution in [0.4, 0.5) is 5.82 Å². The smallest absolute Gasteiger partial charge is 0.152 e. The summed E-state index contributed by atoms with van der Waals surface area (Å²) in [5.41, 5.74) is 10.4. The molecule has 0 saturated carbocycles. The van der Waals surface area contributed by atoms with Crippen molar-refractivity contribution in [3.8, 4) is 0 Å². The predicted octanol–water partition coefficient (Wildman–Crippen LogP) is 4.95. The Balaban J connectivity index is 1.92. The van der Waals surface area contributed by atoms with E-state index >= 15 is 0 Å². The molecule has 4 heteroatoms. The number of hydrogen-bond donors (Lipinski definition) is 1. The molecular weight excluding hydrogens is 320 g/mol. The van der Waals surface area contributed by atoms with Gasteiger partial charge in [-0.05, 0) is 18.1 Å². The SMILES string of the molecule is CCCCCc1nc2c(N)nc3ccccc3c2n1Cc1ccccc1. The third-order valence-corrected chi connectivity index (χ3v) is 4.88. The van der Waals surface area contributed by atoms with Gasteiger partial charge in [0.2, 0.25) is 0 Å². The van der Waals surface area contributed by atoms with Crippen molar-refractivity contribution < 1.29 is 0 Å². The number of fused-ring (bicyclic) bond motifs is 3. The molecule has 4 rings (SSSR count). The maximum Gasteiger partial charge on any atom is 0.152 e. The first-order chi connectivity index (χ1) is 12.8. The molecule has 2 heterocycles. The topological polar surface area (TPSA) is 56.7 Å². The summed E-state index contributed by atoms with van der Waals surface area (Å²) in [4.78, 5) is 9.47. The van der Waals surface area contributed by atoms with E-state index in [1.165, 1.54) is 18.4 Å². The fourth-order valence-electron chi connectivity index (χ4n) is 3.57. The van der Waals surface area contributed by atoms with Crippen molar-refractivity contribution in [2.24, 2.45) is 0 Å². The number of rotatable bonds is 6. The molecule has 2 aromatic heterocycles. The van der Waals surface area contributed by atoms with Crippen LogP contribution >= 0.6 is 0 Å². The first-order valence-corrected chi connectivity index (χ1v) is 9.35. The van der Waals surface area contributed by atoms with Crippen LogP contribution in [0.2, 0.25) is 0 Å². The number of nitrogens with two attached hydrogens (primary N) is 1. The first kappa shape index (κ1) is 16.6. The number of para-hydroxylation sites is 1. The Morgan fingerprint density at radius 1 is 0.923 bits per heavy atom. The van der Waals surface area contributed by atoms with E-state index in [1.54, 1.807) is 0 Å². The summed E-state index contributed by atoms with van der Waals surface area (Å²) >= 11 is 0. The van der Waals surface area contributed by atoms with Gasteiger partial charge in [-0.15, -0.1) is 0 Å². The van der Waals surface area contributed by atoms with Gasteiger partial charge in [-0.3, -0.25) is 0 Å². The summed E-state index contributed by atoms with van der Waals surface area (Å²) in [6.45, 7) is 3.02. The van der Waals surface area contributed by atoms with Gasteiger partial charge in [0.15, 0.2) is 5.82 Å². The van der Waals surface area contributed by atoms with E-state index in [-0.39, 0.29) is 0 Å². The molecular formula is C22H24N4. The Kier molecular flexibility index (Phi) is 4.57. The van der Waals surface area contributed by atoms with Crippen molar-refractivity contribution >= 4 is 27.8 Å². The lowest BCUT2D eigenvalue weighted by Gasteiger charge is -2.11. The van der Waals surface area contributed by atoms with Crippen LogP contribution in [0, 0.1) is 0 Å². The number of benzene rings is 2. The molecule has 2 aromatic carbocycles. The highest BCUT2D eigenvalue weighted by molar-refractivity contribution is 6.06. The fourth-order valence-corrected chi connectivity index (χ4v) is 3.57.